The van der Waals surface area contributed by atoms with Crippen LogP contribution in [-0.2, 0) is 21.2 Å². The molecule has 7 heteroatoms. The van der Waals surface area contributed by atoms with E-state index in [-0.39, 0.29) is 23.7 Å². The van der Waals surface area contributed by atoms with Crippen molar-refractivity contribution in [2.75, 3.05) is 12.9 Å². The van der Waals surface area contributed by atoms with Crippen LogP contribution in [-0.4, -0.2) is 38.0 Å². The Kier molecular flexibility index (Phi) is 6.38. The molecule has 0 unspecified atom stereocenters. The Bertz CT molecular complexity index is 992. The number of aromatic nitrogens is 1. The minimum Gasteiger partial charge on any atom is -0.376 e. The molecule has 6 nitrogen and oxygen atoms in total. The van der Waals surface area contributed by atoms with E-state index in [9.17, 15) is 13.2 Å². The molecule has 1 aromatic heterocycles. The zero-order valence-electron chi connectivity index (χ0n) is 17.9. The van der Waals surface area contributed by atoms with Gasteiger partial charge in [0.1, 0.15) is 0 Å². The largest absolute Gasteiger partial charge is 0.376 e. The summed E-state index contributed by atoms with van der Waals surface area (Å²) < 4.78 is 34.6. The summed E-state index contributed by atoms with van der Waals surface area (Å²) in [6.45, 7) is 2.14. The number of hydrogen-bond donors (Lipinski definition) is 1. The second kappa shape index (κ2) is 8.86. The SMILES string of the molecule is Cc1ccc2n(c1=O)[C@@H](COC1CCC(C#CC3CC3)CC1)[C@@H](NS(C)(=O)=O)CC2. The first-order valence-corrected chi connectivity index (χ1v) is 13.0. The summed E-state index contributed by atoms with van der Waals surface area (Å²) in [4.78, 5) is 12.9. The van der Waals surface area contributed by atoms with Crippen LogP contribution < -0.4 is 10.3 Å². The van der Waals surface area contributed by atoms with Crippen LogP contribution in [0.5, 0.6) is 0 Å². The monoisotopic (exact) mass is 432 g/mol. The Labute approximate surface area is 179 Å². The van der Waals surface area contributed by atoms with Gasteiger partial charge in [0.15, 0.2) is 0 Å². The van der Waals surface area contributed by atoms with Crippen LogP contribution >= 0.6 is 0 Å². The van der Waals surface area contributed by atoms with Gasteiger partial charge in [-0.25, -0.2) is 13.1 Å². The quantitative estimate of drug-likeness (QED) is 0.726. The van der Waals surface area contributed by atoms with Gasteiger partial charge in [-0.15, -0.1) is 0 Å². The zero-order chi connectivity index (χ0) is 21.3. The Morgan fingerprint density at radius 3 is 2.30 bits per heavy atom. The molecule has 1 aliphatic heterocycles. The number of nitrogens with zero attached hydrogens (tertiary/aromatic N) is 1. The zero-order valence-corrected chi connectivity index (χ0v) is 18.7. The van der Waals surface area contributed by atoms with Crippen molar-refractivity contribution in [1.29, 1.82) is 0 Å². The standard InChI is InChI=1S/C23H32N2O4S/c1-16-3-10-19-11-14-21(24-30(2,27)28)22(25(19)23(16)26)15-29-20-12-8-18(9-13-20)7-6-17-4-5-17/h3,10,17-18,20-22,24H,4-5,8-9,11-15H2,1-2H3/t18?,20?,21-,22-/m0/s1. The Balaban J connectivity index is 1.44. The Hall–Kier alpha value is -1.62. The van der Waals surface area contributed by atoms with E-state index < -0.39 is 10.0 Å². The maximum absolute atomic E-state index is 12.9. The minimum atomic E-state index is -3.38. The maximum Gasteiger partial charge on any atom is 0.254 e. The van der Waals surface area contributed by atoms with Crippen molar-refractivity contribution in [3.63, 3.8) is 0 Å². The fourth-order valence-electron chi connectivity index (χ4n) is 4.61. The number of rotatable bonds is 5. The van der Waals surface area contributed by atoms with E-state index in [0.717, 1.165) is 31.4 Å². The van der Waals surface area contributed by atoms with E-state index in [1.54, 1.807) is 11.5 Å². The average Bonchev–Trinajstić information content (AvgIpc) is 3.52. The number of sulfonamides is 1. The highest BCUT2D eigenvalue weighted by Gasteiger charge is 2.33. The maximum atomic E-state index is 12.9. The molecule has 30 heavy (non-hydrogen) atoms. The third kappa shape index (κ3) is 5.35. The van der Waals surface area contributed by atoms with Gasteiger partial charge in [-0.2, -0.15) is 0 Å². The Morgan fingerprint density at radius 1 is 1.07 bits per heavy atom. The molecule has 3 aliphatic rings. The lowest BCUT2D eigenvalue weighted by Gasteiger charge is -2.36. The number of pyridine rings is 1. The highest BCUT2D eigenvalue weighted by molar-refractivity contribution is 7.88. The van der Waals surface area contributed by atoms with Gasteiger partial charge < -0.3 is 9.30 Å². The van der Waals surface area contributed by atoms with Crippen LogP contribution in [0.1, 0.15) is 62.2 Å². The predicted octanol–water partition coefficient (Wildman–Crippen LogP) is 2.55. The minimum absolute atomic E-state index is 0.0554. The lowest BCUT2D eigenvalue weighted by molar-refractivity contribution is -0.00299. The van der Waals surface area contributed by atoms with E-state index in [1.165, 1.54) is 19.1 Å². The molecule has 164 valence electrons. The molecule has 2 saturated carbocycles. The van der Waals surface area contributed by atoms with Gasteiger partial charge in [0.2, 0.25) is 10.0 Å². The van der Waals surface area contributed by atoms with Crippen molar-refractivity contribution >= 4 is 10.0 Å². The smallest absolute Gasteiger partial charge is 0.254 e. The number of nitrogens with one attached hydrogen (secondary N) is 1. The molecule has 2 aliphatic carbocycles. The topological polar surface area (TPSA) is 77.4 Å². The highest BCUT2D eigenvalue weighted by atomic mass is 32.2. The van der Waals surface area contributed by atoms with Crippen LogP contribution in [0.15, 0.2) is 16.9 Å². The highest BCUT2D eigenvalue weighted by Crippen LogP contribution is 2.31. The number of ether oxygens (including phenoxy) is 1. The van der Waals surface area contributed by atoms with Gasteiger partial charge in [-0.1, -0.05) is 17.9 Å². The normalized spacial score (nSPS) is 29.0. The van der Waals surface area contributed by atoms with E-state index >= 15 is 0 Å². The number of aryl methyl sites for hydroxylation is 2. The van der Waals surface area contributed by atoms with Crippen LogP contribution in [0.25, 0.3) is 0 Å². The second-order valence-electron chi connectivity index (χ2n) is 9.16. The fraction of sp³-hybridized carbons (Fsp3) is 0.696. The summed E-state index contributed by atoms with van der Waals surface area (Å²) in [5.74, 6) is 7.94. The second-order valence-corrected chi connectivity index (χ2v) is 10.9. The summed E-state index contributed by atoms with van der Waals surface area (Å²) in [5, 5.41) is 0. The van der Waals surface area contributed by atoms with Crippen molar-refractivity contribution in [2.45, 2.75) is 76.5 Å². The van der Waals surface area contributed by atoms with Crippen LogP contribution in [0.3, 0.4) is 0 Å². The molecule has 0 bridgehead atoms. The van der Waals surface area contributed by atoms with Gasteiger partial charge in [-0.3, -0.25) is 4.79 Å². The summed E-state index contributed by atoms with van der Waals surface area (Å²) in [6.07, 6.45) is 9.21. The van der Waals surface area contributed by atoms with Gasteiger partial charge in [0, 0.05) is 29.1 Å². The molecule has 2 atom stereocenters. The van der Waals surface area contributed by atoms with Crippen molar-refractivity contribution in [3.8, 4) is 11.8 Å². The molecule has 0 radical (unpaired) electrons. The first-order chi connectivity index (χ1) is 14.3. The van der Waals surface area contributed by atoms with Crippen molar-refractivity contribution < 1.29 is 13.2 Å². The molecule has 0 spiro atoms. The molecule has 2 fully saturated rings. The van der Waals surface area contributed by atoms with Crippen LogP contribution in [0, 0.1) is 30.6 Å². The number of fused-ring (bicyclic) bond motifs is 1. The summed E-state index contributed by atoms with van der Waals surface area (Å²) in [6, 6.07) is 3.15. The van der Waals surface area contributed by atoms with Crippen LogP contribution in [0.2, 0.25) is 0 Å². The lowest BCUT2D eigenvalue weighted by atomic mass is 9.87. The first-order valence-electron chi connectivity index (χ1n) is 11.1. The van der Waals surface area contributed by atoms with E-state index in [0.29, 0.717) is 36.8 Å². The molecule has 1 aromatic rings. The van der Waals surface area contributed by atoms with E-state index in [2.05, 4.69) is 16.6 Å². The number of hydrogen-bond acceptors (Lipinski definition) is 4. The summed E-state index contributed by atoms with van der Waals surface area (Å²) >= 11 is 0. The molecule has 2 heterocycles. The Morgan fingerprint density at radius 2 is 1.70 bits per heavy atom. The van der Waals surface area contributed by atoms with Gasteiger partial charge in [0.25, 0.3) is 5.56 Å². The molecular weight excluding hydrogens is 400 g/mol. The molecule has 0 saturated heterocycles. The fourth-order valence-corrected chi connectivity index (χ4v) is 5.44. The van der Waals surface area contributed by atoms with Crippen molar-refractivity contribution in [1.82, 2.24) is 9.29 Å². The average molecular weight is 433 g/mol. The van der Waals surface area contributed by atoms with Gasteiger partial charge in [-0.05, 0) is 64.4 Å². The summed E-state index contributed by atoms with van der Waals surface area (Å²) in [7, 11) is -3.38. The third-order valence-electron chi connectivity index (χ3n) is 6.51. The van der Waals surface area contributed by atoms with Gasteiger partial charge >= 0.3 is 0 Å². The van der Waals surface area contributed by atoms with Gasteiger partial charge in [0.05, 0.1) is 25.0 Å². The van der Waals surface area contributed by atoms with E-state index in [1.807, 2.05) is 12.1 Å². The van der Waals surface area contributed by atoms with E-state index in [4.69, 9.17) is 4.74 Å². The predicted molar refractivity (Wildman–Crippen MR) is 117 cm³/mol. The summed E-state index contributed by atoms with van der Waals surface area (Å²) in [5.41, 5.74) is 1.56. The third-order valence-corrected chi connectivity index (χ3v) is 7.24. The molecule has 0 aromatic carbocycles. The lowest BCUT2D eigenvalue weighted by Crippen LogP contribution is -2.49. The molecule has 1 N–H and O–H groups in total. The first kappa shape index (κ1) is 21.6. The molecule has 0 amide bonds. The van der Waals surface area contributed by atoms with Crippen LogP contribution in [0.4, 0.5) is 0 Å². The van der Waals surface area contributed by atoms with Crippen molar-refractivity contribution in [2.24, 2.45) is 11.8 Å². The molecule has 4 rings (SSSR count). The molecular formula is C23H32N2O4S. The van der Waals surface area contributed by atoms with Crippen molar-refractivity contribution in [3.05, 3.63) is 33.7 Å².